The number of nitrogens with one attached hydrogen (secondary N) is 2. The van der Waals surface area contributed by atoms with Gasteiger partial charge in [-0.1, -0.05) is 5.10 Å². The van der Waals surface area contributed by atoms with E-state index in [0.717, 1.165) is 0 Å². The van der Waals surface area contributed by atoms with Crippen molar-refractivity contribution in [3.63, 3.8) is 0 Å². The highest BCUT2D eigenvalue weighted by atomic mass is 15.7. The molecule has 7 heteroatoms. The van der Waals surface area contributed by atoms with Gasteiger partial charge >= 0.3 is 0 Å². The molecular weight excluding hydrogens is 134 g/mol. The Morgan fingerprint density at radius 2 is 2.60 bits per heavy atom. The molecule has 0 unspecified atom stereocenters. The van der Waals surface area contributed by atoms with E-state index in [-0.39, 0.29) is 0 Å². The normalized spacial score (nSPS) is 15.8. The van der Waals surface area contributed by atoms with Gasteiger partial charge in [0, 0.05) is 6.21 Å². The molecule has 0 bridgehead atoms. The van der Waals surface area contributed by atoms with Crippen molar-refractivity contribution in [1.82, 2.24) is 26.2 Å². The molecule has 1 aliphatic heterocycles. The van der Waals surface area contributed by atoms with Gasteiger partial charge in [0.2, 0.25) is 0 Å². The fourth-order valence-electron chi connectivity index (χ4n) is 0.671. The topological polar surface area (TPSA) is 82.1 Å². The van der Waals surface area contributed by atoms with Gasteiger partial charge in [-0.3, -0.25) is 0 Å². The standard InChI is InChI=1S/C3H5N7/c1-2-10(9-4-1)3-5-7-8-6-3/h1,9H,2H2,(H,5,6,7,8). The van der Waals surface area contributed by atoms with E-state index in [0.29, 0.717) is 12.5 Å². The Morgan fingerprint density at radius 1 is 1.60 bits per heavy atom. The molecule has 0 amide bonds. The lowest BCUT2D eigenvalue weighted by Crippen LogP contribution is -2.30. The SMILES string of the molecule is C1=NNN(c2nn[nH]n2)C1. The first-order valence-corrected chi connectivity index (χ1v) is 2.75. The van der Waals surface area contributed by atoms with Crippen molar-refractivity contribution in [3.05, 3.63) is 0 Å². The van der Waals surface area contributed by atoms with E-state index in [1.165, 1.54) is 0 Å². The second-order valence-electron chi connectivity index (χ2n) is 1.73. The van der Waals surface area contributed by atoms with Crippen molar-refractivity contribution in [2.75, 3.05) is 11.6 Å². The molecule has 1 aromatic rings. The molecule has 0 aliphatic carbocycles. The van der Waals surface area contributed by atoms with Crippen molar-refractivity contribution < 1.29 is 0 Å². The van der Waals surface area contributed by atoms with Gasteiger partial charge in [0.25, 0.3) is 5.95 Å². The minimum Gasteiger partial charge on any atom is -0.230 e. The Morgan fingerprint density at radius 3 is 3.20 bits per heavy atom. The molecule has 10 heavy (non-hydrogen) atoms. The van der Waals surface area contributed by atoms with E-state index in [2.05, 4.69) is 31.3 Å². The third-order valence-corrected chi connectivity index (χ3v) is 1.11. The van der Waals surface area contributed by atoms with E-state index in [4.69, 9.17) is 0 Å². The lowest BCUT2D eigenvalue weighted by atomic mass is 10.7. The lowest BCUT2D eigenvalue weighted by molar-refractivity contribution is 0.722. The number of hydrogen-bond acceptors (Lipinski definition) is 6. The first kappa shape index (κ1) is 5.15. The van der Waals surface area contributed by atoms with Gasteiger partial charge < -0.3 is 0 Å². The van der Waals surface area contributed by atoms with Gasteiger partial charge in [-0.25, -0.2) is 10.5 Å². The molecular formula is C3H5N7. The van der Waals surface area contributed by atoms with Crippen LogP contribution in [-0.4, -0.2) is 33.4 Å². The Kier molecular flexibility index (Phi) is 0.998. The van der Waals surface area contributed by atoms with Crippen LogP contribution in [0.5, 0.6) is 0 Å². The highest BCUT2D eigenvalue weighted by Crippen LogP contribution is 1.99. The third-order valence-electron chi connectivity index (χ3n) is 1.11. The van der Waals surface area contributed by atoms with Crippen molar-refractivity contribution in [2.24, 2.45) is 5.10 Å². The van der Waals surface area contributed by atoms with Gasteiger partial charge in [-0.2, -0.15) is 10.3 Å². The van der Waals surface area contributed by atoms with E-state index in [9.17, 15) is 0 Å². The summed E-state index contributed by atoms with van der Waals surface area (Å²) in [5.74, 6) is 0.498. The summed E-state index contributed by atoms with van der Waals surface area (Å²) >= 11 is 0. The summed E-state index contributed by atoms with van der Waals surface area (Å²) in [5, 5.41) is 18.6. The fraction of sp³-hybridized carbons (Fsp3) is 0.333. The van der Waals surface area contributed by atoms with Crippen LogP contribution in [0.15, 0.2) is 5.10 Å². The number of rotatable bonds is 1. The van der Waals surface area contributed by atoms with Gasteiger partial charge in [-0.05, 0) is 5.21 Å². The summed E-state index contributed by atoms with van der Waals surface area (Å²) in [7, 11) is 0. The van der Waals surface area contributed by atoms with Gasteiger partial charge in [0.05, 0.1) is 6.54 Å². The van der Waals surface area contributed by atoms with Crippen LogP contribution in [0.25, 0.3) is 0 Å². The zero-order valence-electron chi connectivity index (χ0n) is 5.02. The summed E-state index contributed by atoms with van der Waals surface area (Å²) in [6.07, 6.45) is 1.72. The Bertz CT molecular complexity index is 217. The molecule has 1 aliphatic rings. The number of aromatic nitrogens is 4. The number of tetrazole rings is 1. The molecule has 7 nitrogen and oxygen atoms in total. The van der Waals surface area contributed by atoms with Crippen molar-refractivity contribution >= 4 is 12.2 Å². The van der Waals surface area contributed by atoms with Crippen LogP contribution in [0.4, 0.5) is 5.95 Å². The minimum atomic E-state index is 0.498. The molecule has 0 saturated heterocycles. The van der Waals surface area contributed by atoms with Crippen molar-refractivity contribution in [2.45, 2.75) is 0 Å². The second-order valence-corrected chi connectivity index (χ2v) is 1.73. The molecule has 2 heterocycles. The first-order chi connectivity index (χ1) is 4.97. The van der Waals surface area contributed by atoms with Crippen LogP contribution < -0.4 is 10.5 Å². The lowest BCUT2D eigenvalue weighted by Gasteiger charge is -2.08. The Labute approximate surface area is 56.1 Å². The van der Waals surface area contributed by atoms with E-state index in [1.807, 2.05) is 0 Å². The van der Waals surface area contributed by atoms with Crippen molar-refractivity contribution in [3.8, 4) is 0 Å². The molecule has 0 atom stereocenters. The third kappa shape index (κ3) is 0.677. The van der Waals surface area contributed by atoms with Crippen LogP contribution in [0.2, 0.25) is 0 Å². The maximum atomic E-state index is 3.75. The molecule has 0 radical (unpaired) electrons. The van der Waals surface area contributed by atoms with Crippen LogP contribution >= 0.6 is 0 Å². The van der Waals surface area contributed by atoms with E-state index >= 15 is 0 Å². The number of aromatic amines is 1. The van der Waals surface area contributed by atoms with Crippen LogP contribution in [0.1, 0.15) is 0 Å². The van der Waals surface area contributed by atoms with Gasteiger partial charge in [0.1, 0.15) is 0 Å². The summed E-state index contributed by atoms with van der Waals surface area (Å²) in [4.78, 5) is 0. The van der Waals surface area contributed by atoms with Gasteiger partial charge in [0.15, 0.2) is 0 Å². The second kappa shape index (κ2) is 1.94. The average molecular weight is 139 g/mol. The smallest absolute Gasteiger partial charge is 0.230 e. The van der Waals surface area contributed by atoms with E-state index in [1.54, 1.807) is 11.2 Å². The van der Waals surface area contributed by atoms with Gasteiger partial charge in [-0.15, -0.1) is 5.10 Å². The number of anilines is 1. The molecule has 0 saturated carbocycles. The molecule has 0 aromatic carbocycles. The fourth-order valence-corrected chi connectivity index (χ4v) is 0.671. The summed E-state index contributed by atoms with van der Waals surface area (Å²) < 4.78 is 0. The number of hydrazine groups is 1. The minimum absolute atomic E-state index is 0.498. The number of nitrogens with zero attached hydrogens (tertiary/aromatic N) is 5. The molecule has 0 fully saturated rings. The van der Waals surface area contributed by atoms with Crippen LogP contribution in [-0.2, 0) is 0 Å². The summed E-state index contributed by atoms with van der Waals surface area (Å²) in [6.45, 7) is 0.666. The maximum absolute atomic E-state index is 3.75. The molecule has 2 rings (SSSR count). The van der Waals surface area contributed by atoms with Crippen molar-refractivity contribution in [1.29, 1.82) is 0 Å². The van der Waals surface area contributed by atoms with Crippen LogP contribution in [0, 0.1) is 0 Å². The summed E-state index contributed by atoms with van der Waals surface area (Å²) in [6, 6.07) is 0. The first-order valence-electron chi connectivity index (χ1n) is 2.75. The number of hydrazone groups is 1. The van der Waals surface area contributed by atoms with E-state index < -0.39 is 0 Å². The molecule has 1 aromatic heterocycles. The van der Waals surface area contributed by atoms with Crippen LogP contribution in [0.3, 0.4) is 0 Å². The Hall–Kier alpha value is -1.66. The molecule has 52 valence electrons. The molecule has 0 spiro atoms. The Balaban J connectivity index is 2.14. The quantitative estimate of drug-likeness (QED) is 0.495. The predicted molar refractivity (Wildman–Crippen MR) is 33.2 cm³/mol. The highest BCUT2D eigenvalue weighted by molar-refractivity contribution is 5.65. The zero-order valence-corrected chi connectivity index (χ0v) is 5.02. The predicted octanol–water partition coefficient (Wildman–Crippen LogP) is -1.49. The summed E-state index contributed by atoms with van der Waals surface area (Å²) in [5.41, 5.74) is 2.68. The monoisotopic (exact) mass is 139 g/mol. The number of hydrogen-bond donors (Lipinski definition) is 2. The molecule has 2 N–H and O–H groups in total. The zero-order chi connectivity index (χ0) is 6.81. The maximum Gasteiger partial charge on any atom is 0.285 e. The number of H-pyrrole nitrogens is 1. The highest BCUT2D eigenvalue weighted by Gasteiger charge is 2.11. The largest absolute Gasteiger partial charge is 0.285 e. The average Bonchev–Trinajstić information content (AvgIpc) is 2.59.